The molecule has 1 aromatic carbocycles. The van der Waals surface area contributed by atoms with Gasteiger partial charge in [0.15, 0.2) is 0 Å². The highest BCUT2D eigenvalue weighted by Crippen LogP contribution is 2.49. The molecule has 4 heteroatoms. The summed E-state index contributed by atoms with van der Waals surface area (Å²) in [4.78, 5) is 0. The van der Waals surface area contributed by atoms with Crippen LogP contribution in [-0.2, 0) is 5.54 Å². The molecule has 0 radical (unpaired) electrons. The number of hydrogen-bond donors (Lipinski definition) is 1. The molecule has 0 saturated heterocycles. The maximum atomic E-state index is 12.7. The van der Waals surface area contributed by atoms with Crippen LogP contribution < -0.4 is 5.73 Å². The van der Waals surface area contributed by atoms with Crippen molar-refractivity contribution in [3.8, 4) is 0 Å². The topological polar surface area (TPSA) is 26.0 Å². The summed E-state index contributed by atoms with van der Waals surface area (Å²) in [6, 6.07) is 6.75. The molecular weight excluding hydrogens is 208 g/mol. The molecule has 0 spiro atoms. The van der Waals surface area contributed by atoms with E-state index in [0.717, 1.165) is 5.56 Å². The molecule has 0 unspecified atom stereocenters. The molecule has 1 aliphatic rings. The molecule has 0 bridgehead atoms. The molecule has 14 heavy (non-hydrogen) atoms. The summed E-state index contributed by atoms with van der Waals surface area (Å²) in [5, 5.41) is 0.587. The van der Waals surface area contributed by atoms with Crippen LogP contribution in [0.2, 0.25) is 5.02 Å². The second-order valence-corrected chi connectivity index (χ2v) is 4.31. The summed E-state index contributed by atoms with van der Waals surface area (Å²) in [7, 11) is 0. The lowest BCUT2D eigenvalue weighted by atomic mass is 9.70. The molecule has 1 nitrogen and oxygen atoms in total. The van der Waals surface area contributed by atoms with Crippen LogP contribution in [0.25, 0.3) is 0 Å². The van der Waals surface area contributed by atoms with Crippen LogP contribution in [0.3, 0.4) is 0 Å². The van der Waals surface area contributed by atoms with Gasteiger partial charge in [0.2, 0.25) is 0 Å². The Balaban J connectivity index is 2.21. The zero-order valence-electron chi connectivity index (χ0n) is 7.43. The predicted octanol–water partition coefficient (Wildman–Crippen LogP) is 2.92. The SMILES string of the molecule is NC1(c2ccc(Cl)cc2)CC(F)(F)C1. The Morgan fingerprint density at radius 1 is 1.14 bits per heavy atom. The van der Waals surface area contributed by atoms with Crippen molar-refractivity contribution < 1.29 is 8.78 Å². The summed E-state index contributed by atoms with van der Waals surface area (Å²) in [5.74, 6) is -2.60. The zero-order chi connectivity index (χ0) is 10.4. The molecule has 1 fully saturated rings. The van der Waals surface area contributed by atoms with Gasteiger partial charge in [-0.1, -0.05) is 23.7 Å². The Hall–Kier alpha value is -0.670. The van der Waals surface area contributed by atoms with Crippen LogP contribution in [0, 0.1) is 0 Å². The predicted molar refractivity (Wildman–Crippen MR) is 51.5 cm³/mol. The first-order valence-corrected chi connectivity index (χ1v) is 4.72. The molecule has 76 valence electrons. The fourth-order valence-corrected chi connectivity index (χ4v) is 1.98. The minimum Gasteiger partial charge on any atom is -0.321 e. The molecule has 2 N–H and O–H groups in total. The lowest BCUT2D eigenvalue weighted by molar-refractivity contribution is -0.125. The molecule has 0 atom stereocenters. The number of nitrogens with two attached hydrogens (primary N) is 1. The first-order chi connectivity index (χ1) is 6.41. The highest BCUT2D eigenvalue weighted by Gasteiger charge is 2.55. The van der Waals surface area contributed by atoms with Crippen molar-refractivity contribution in [2.24, 2.45) is 5.73 Å². The highest BCUT2D eigenvalue weighted by molar-refractivity contribution is 6.30. The Morgan fingerprint density at radius 3 is 2.07 bits per heavy atom. The van der Waals surface area contributed by atoms with Crippen molar-refractivity contribution in [1.29, 1.82) is 0 Å². The van der Waals surface area contributed by atoms with Crippen LogP contribution in [0.5, 0.6) is 0 Å². The van der Waals surface area contributed by atoms with Gasteiger partial charge in [-0.05, 0) is 17.7 Å². The van der Waals surface area contributed by atoms with E-state index in [1.165, 1.54) is 0 Å². The molecule has 1 aromatic rings. The van der Waals surface area contributed by atoms with Gasteiger partial charge in [0, 0.05) is 17.9 Å². The summed E-state index contributed by atoms with van der Waals surface area (Å²) >= 11 is 5.69. The number of benzene rings is 1. The first-order valence-electron chi connectivity index (χ1n) is 4.34. The monoisotopic (exact) mass is 217 g/mol. The average molecular weight is 218 g/mol. The van der Waals surface area contributed by atoms with Gasteiger partial charge in [-0.25, -0.2) is 8.78 Å². The smallest absolute Gasteiger partial charge is 0.252 e. The Morgan fingerprint density at radius 2 is 1.64 bits per heavy atom. The van der Waals surface area contributed by atoms with E-state index in [4.69, 9.17) is 17.3 Å². The molecule has 0 aromatic heterocycles. The van der Waals surface area contributed by atoms with E-state index >= 15 is 0 Å². The van der Waals surface area contributed by atoms with Gasteiger partial charge in [-0.3, -0.25) is 0 Å². The van der Waals surface area contributed by atoms with Crippen LogP contribution in [0.1, 0.15) is 18.4 Å². The van der Waals surface area contributed by atoms with Gasteiger partial charge in [-0.2, -0.15) is 0 Å². The van der Waals surface area contributed by atoms with Crippen LogP contribution in [-0.4, -0.2) is 5.92 Å². The standard InChI is InChI=1S/C10H10ClF2N/c11-8-3-1-7(2-4-8)9(14)5-10(12,13)6-9/h1-4H,5-6,14H2. The van der Waals surface area contributed by atoms with E-state index in [0.29, 0.717) is 5.02 Å². The van der Waals surface area contributed by atoms with Crippen LogP contribution >= 0.6 is 11.6 Å². The van der Waals surface area contributed by atoms with E-state index in [-0.39, 0.29) is 12.8 Å². The number of rotatable bonds is 1. The molecule has 1 saturated carbocycles. The van der Waals surface area contributed by atoms with Crippen molar-refractivity contribution in [1.82, 2.24) is 0 Å². The van der Waals surface area contributed by atoms with Gasteiger partial charge in [0.05, 0.1) is 5.54 Å². The van der Waals surface area contributed by atoms with Crippen molar-refractivity contribution in [3.05, 3.63) is 34.9 Å². The van der Waals surface area contributed by atoms with E-state index in [1.54, 1.807) is 24.3 Å². The highest BCUT2D eigenvalue weighted by atomic mass is 35.5. The lowest BCUT2D eigenvalue weighted by Crippen LogP contribution is -2.55. The largest absolute Gasteiger partial charge is 0.321 e. The lowest BCUT2D eigenvalue weighted by Gasteiger charge is -2.44. The van der Waals surface area contributed by atoms with Crippen molar-refractivity contribution in [3.63, 3.8) is 0 Å². The maximum absolute atomic E-state index is 12.7. The van der Waals surface area contributed by atoms with E-state index in [2.05, 4.69) is 0 Å². The van der Waals surface area contributed by atoms with Crippen molar-refractivity contribution in [2.75, 3.05) is 0 Å². The second-order valence-electron chi connectivity index (χ2n) is 3.87. The van der Waals surface area contributed by atoms with Gasteiger partial charge in [-0.15, -0.1) is 0 Å². The Bertz CT molecular complexity index is 340. The summed E-state index contributed by atoms with van der Waals surface area (Å²) < 4.78 is 25.4. The van der Waals surface area contributed by atoms with Crippen molar-refractivity contribution in [2.45, 2.75) is 24.3 Å². The number of halogens is 3. The van der Waals surface area contributed by atoms with Crippen LogP contribution in [0.15, 0.2) is 24.3 Å². The fourth-order valence-electron chi connectivity index (χ4n) is 1.86. The summed E-state index contributed by atoms with van der Waals surface area (Å²) in [5.41, 5.74) is 5.69. The van der Waals surface area contributed by atoms with E-state index in [9.17, 15) is 8.78 Å². The molecule has 0 aliphatic heterocycles. The number of alkyl halides is 2. The zero-order valence-corrected chi connectivity index (χ0v) is 8.19. The van der Waals surface area contributed by atoms with E-state index in [1.807, 2.05) is 0 Å². The molecule has 0 amide bonds. The normalized spacial score (nSPS) is 22.9. The Labute approximate surface area is 85.9 Å². The quantitative estimate of drug-likeness (QED) is 0.769. The van der Waals surface area contributed by atoms with Gasteiger partial charge in [0.1, 0.15) is 0 Å². The summed E-state index contributed by atoms with van der Waals surface area (Å²) in [6.45, 7) is 0. The minimum atomic E-state index is -2.60. The number of hydrogen-bond acceptors (Lipinski definition) is 1. The van der Waals surface area contributed by atoms with Gasteiger partial charge >= 0.3 is 0 Å². The molecule has 2 rings (SSSR count). The van der Waals surface area contributed by atoms with E-state index < -0.39 is 11.5 Å². The fraction of sp³-hybridized carbons (Fsp3) is 0.400. The molecular formula is C10H10ClF2N. The van der Waals surface area contributed by atoms with Crippen molar-refractivity contribution >= 4 is 11.6 Å². The third-order valence-electron chi connectivity index (χ3n) is 2.57. The second kappa shape index (κ2) is 2.91. The third kappa shape index (κ3) is 1.62. The van der Waals surface area contributed by atoms with Gasteiger partial charge in [0.25, 0.3) is 5.92 Å². The van der Waals surface area contributed by atoms with Gasteiger partial charge < -0.3 is 5.73 Å². The Kier molecular flexibility index (Phi) is 2.05. The van der Waals surface area contributed by atoms with Crippen LogP contribution in [0.4, 0.5) is 8.78 Å². The maximum Gasteiger partial charge on any atom is 0.252 e. The summed E-state index contributed by atoms with van der Waals surface area (Å²) in [6.07, 6.45) is -0.552. The minimum absolute atomic E-state index is 0.276. The average Bonchev–Trinajstić information content (AvgIpc) is 2.01. The molecule has 1 aliphatic carbocycles. The third-order valence-corrected chi connectivity index (χ3v) is 2.82. The first kappa shape index (κ1) is 9.87. The molecule has 0 heterocycles.